The number of aromatic nitrogens is 4. The molecule has 3 aromatic rings. The minimum Gasteiger partial charge on any atom is -0.493 e. The van der Waals surface area contributed by atoms with Crippen molar-refractivity contribution >= 4 is 5.78 Å². The van der Waals surface area contributed by atoms with Crippen molar-refractivity contribution in [2.75, 3.05) is 21.3 Å². The lowest BCUT2D eigenvalue weighted by Gasteiger charge is -2.13. The molecule has 0 unspecified atom stereocenters. The molecule has 0 spiro atoms. The van der Waals surface area contributed by atoms with Crippen LogP contribution in [0.3, 0.4) is 0 Å². The summed E-state index contributed by atoms with van der Waals surface area (Å²) < 4.78 is 17.1. The largest absolute Gasteiger partial charge is 0.493 e. The molecule has 1 aromatic carbocycles. The molecule has 0 saturated heterocycles. The number of nitrogens with one attached hydrogen (secondary N) is 1. The summed E-state index contributed by atoms with van der Waals surface area (Å²) in [6.45, 7) is 0. The predicted octanol–water partition coefficient (Wildman–Crippen LogP) is 1.11. The van der Waals surface area contributed by atoms with Crippen molar-refractivity contribution in [1.29, 1.82) is 0 Å². The van der Waals surface area contributed by atoms with Crippen molar-refractivity contribution < 1.29 is 14.2 Å². The Kier molecular flexibility index (Phi) is 3.42. The second kappa shape index (κ2) is 5.40. The van der Waals surface area contributed by atoms with Gasteiger partial charge in [0.25, 0.3) is 11.3 Å². The minimum atomic E-state index is -0.258. The lowest BCUT2D eigenvalue weighted by atomic mass is 10.1. The number of methoxy groups -OCH3 is 3. The summed E-state index contributed by atoms with van der Waals surface area (Å²) in [4.78, 5) is 20.4. The van der Waals surface area contributed by atoms with E-state index in [1.807, 2.05) is 0 Å². The molecule has 8 nitrogen and oxygen atoms in total. The Bertz CT molecular complexity index is 859. The third-order valence-corrected chi connectivity index (χ3v) is 3.23. The van der Waals surface area contributed by atoms with Gasteiger partial charge < -0.3 is 14.2 Å². The summed E-state index contributed by atoms with van der Waals surface area (Å²) >= 11 is 0. The standard InChI is InChI=1S/C14H14N4O4/c1-20-10-4-8(5-11(21-2)13(10)22-3)9-6-12(19)18-14(17-9)15-7-16-18/h4-7H,1-3H3,(H,15,16,17). The van der Waals surface area contributed by atoms with E-state index in [0.29, 0.717) is 28.5 Å². The molecular weight excluding hydrogens is 288 g/mol. The molecule has 2 aromatic heterocycles. The van der Waals surface area contributed by atoms with E-state index in [1.165, 1.54) is 38.2 Å². The molecule has 0 saturated carbocycles. The van der Waals surface area contributed by atoms with Crippen LogP contribution in [0.4, 0.5) is 0 Å². The highest BCUT2D eigenvalue weighted by molar-refractivity contribution is 5.69. The van der Waals surface area contributed by atoms with Gasteiger partial charge in [-0.05, 0) is 12.1 Å². The molecule has 0 aliphatic carbocycles. The highest BCUT2D eigenvalue weighted by atomic mass is 16.5. The molecule has 1 N–H and O–H groups in total. The zero-order valence-corrected chi connectivity index (χ0v) is 12.3. The van der Waals surface area contributed by atoms with Crippen LogP contribution in [-0.4, -0.2) is 40.9 Å². The Morgan fingerprint density at radius 2 is 1.73 bits per heavy atom. The topological polar surface area (TPSA) is 90.7 Å². The Balaban J connectivity index is 2.23. The quantitative estimate of drug-likeness (QED) is 0.776. The second-order valence-corrected chi connectivity index (χ2v) is 4.42. The van der Waals surface area contributed by atoms with Gasteiger partial charge in [-0.3, -0.25) is 9.89 Å². The van der Waals surface area contributed by atoms with Crippen LogP contribution in [0.25, 0.3) is 17.0 Å². The van der Waals surface area contributed by atoms with E-state index in [4.69, 9.17) is 14.2 Å². The van der Waals surface area contributed by atoms with E-state index in [9.17, 15) is 4.79 Å². The fourth-order valence-corrected chi connectivity index (χ4v) is 2.20. The number of nitrogens with zero attached hydrogens (tertiary/aromatic N) is 3. The van der Waals surface area contributed by atoms with Gasteiger partial charge in [-0.25, -0.2) is 9.97 Å². The predicted molar refractivity (Wildman–Crippen MR) is 78.7 cm³/mol. The van der Waals surface area contributed by atoms with Crippen LogP contribution in [0.2, 0.25) is 0 Å². The fourth-order valence-electron chi connectivity index (χ4n) is 2.20. The van der Waals surface area contributed by atoms with Crippen molar-refractivity contribution in [1.82, 2.24) is 19.6 Å². The van der Waals surface area contributed by atoms with E-state index >= 15 is 0 Å². The number of benzene rings is 1. The van der Waals surface area contributed by atoms with Crippen molar-refractivity contribution in [2.45, 2.75) is 0 Å². The molecule has 0 radical (unpaired) electrons. The normalized spacial score (nSPS) is 10.7. The van der Waals surface area contributed by atoms with E-state index in [-0.39, 0.29) is 11.3 Å². The first-order chi connectivity index (χ1) is 10.7. The summed E-state index contributed by atoms with van der Waals surface area (Å²) in [7, 11) is 4.58. The van der Waals surface area contributed by atoms with Gasteiger partial charge >= 0.3 is 0 Å². The second-order valence-electron chi connectivity index (χ2n) is 4.42. The third-order valence-electron chi connectivity index (χ3n) is 3.23. The molecule has 0 atom stereocenters. The monoisotopic (exact) mass is 302 g/mol. The van der Waals surface area contributed by atoms with Crippen LogP contribution < -0.4 is 19.8 Å². The average Bonchev–Trinajstić information content (AvgIpc) is 3.02. The maximum Gasteiger partial charge on any atom is 0.274 e. The molecule has 114 valence electrons. The van der Waals surface area contributed by atoms with Crippen LogP contribution in [0.1, 0.15) is 0 Å². The maximum absolute atomic E-state index is 12.0. The molecule has 0 fully saturated rings. The molecule has 8 heteroatoms. The zero-order chi connectivity index (χ0) is 15.7. The van der Waals surface area contributed by atoms with Crippen LogP contribution in [0.15, 0.2) is 29.3 Å². The Hall–Kier alpha value is -3.03. The molecule has 0 bridgehead atoms. The Labute approximate surface area is 125 Å². The van der Waals surface area contributed by atoms with E-state index in [2.05, 4.69) is 15.1 Å². The van der Waals surface area contributed by atoms with Crippen LogP contribution in [0.5, 0.6) is 17.2 Å². The van der Waals surface area contributed by atoms with Gasteiger partial charge in [0.2, 0.25) is 5.75 Å². The molecule has 2 heterocycles. The van der Waals surface area contributed by atoms with Gasteiger partial charge in [-0.1, -0.05) is 0 Å². The molecule has 0 aliphatic heterocycles. The first kappa shape index (κ1) is 13.9. The number of hydrogen-bond donors (Lipinski definition) is 1. The van der Waals surface area contributed by atoms with E-state index in [0.717, 1.165) is 0 Å². The van der Waals surface area contributed by atoms with Gasteiger partial charge in [-0.2, -0.15) is 4.52 Å². The number of hydrogen-bond acceptors (Lipinski definition) is 6. The first-order valence-electron chi connectivity index (χ1n) is 6.41. The Morgan fingerprint density at radius 3 is 2.32 bits per heavy atom. The van der Waals surface area contributed by atoms with Gasteiger partial charge in [-0.15, -0.1) is 0 Å². The summed E-state index contributed by atoms with van der Waals surface area (Å²) in [6.07, 6.45) is 1.41. The van der Waals surface area contributed by atoms with Crippen LogP contribution in [0, 0.1) is 0 Å². The molecule has 22 heavy (non-hydrogen) atoms. The number of H-pyrrole nitrogens is 1. The summed E-state index contributed by atoms with van der Waals surface area (Å²) in [5.74, 6) is 1.74. The number of ether oxygens (including phenoxy) is 3. The molecule has 0 aliphatic rings. The van der Waals surface area contributed by atoms with Crippen molar-refractivity contribution in [3.8, 4) is 28.5 Å². The minimum absolute atomic E-state index is 0.258. The smallest absolute Gasteiger partial charge is 0.274 e. The van der Waals surface area contributed by atoms with Gasteiger partial charge in [0.1, 0.15) is 6.33 Å². The van der Waals surface area contributed by atoms with Gasteiger partial charge in [0.15, 0.2) is 11.5 Å². The highest BCUT2D eigenvalue weighted by Gasteiger charge is 2.15. The third kappa shape index (κ3) is 2.14. The number of fused-ring (bicyclic) bond motifs is 1. The van der Waals surface area contributed by atoms with Crippen LogP contribution in [-0.2, 0) is 0 Å². The lowest BCUT2D eigenvalue weighted by molar-refractivity contribution is 0.324. The molecule has 0 amide bonds. The number of rotatable bonds is 4. The SMILES string of the molecule is COc1cc(-c2cc(=O)n3[nH]cnc3n2)cc(OC)c1OC. The Morgan fingerprint density at radius 1 is 1.05 bits per heavy atom. The molecular formula is C14H14N4O4. The summed E-state index contributed by atoms with van der Waals surface area (Å²) in [5.41, 5.74) is 0.875. The van der Waals surface area contributed by atoms with Crippen molar-refractivity contribution in [2.24, 2.45) is 0 Å². The van der Waals surface area contributed by atoms with E-state index in [1.54, 1.807) is 12.1 Å². The van der Waals surface area contributed by atoms with Crippen molar-refractivity contribution in [3.05, 3.63) is 34.9 Å². The first-order valence-corrected chi connectivity index (χ1v) is 6.41. The van der Waals surface area contributed by atoms with Gasteiger partial charge in [0.05, 0.1) is 27.0 Å². The lowest BCUT2D eigenvalue weighted by Crippen LogP contribution is -2.14. The average molecular weight is 302 g/mol. The zero-order valence-electron chi connectivity index (χ0n) is 12.3. The summed E-state index contributed by atoms with van der Waals surface area (Å²) in [6, 6.07) is 4.87. The number of aromatic amines is 1. The molecule has 3 rings (SSSR count). The van der Waals surface area contributed by atoms with E-state index < -0.39 is 0 Å². The highest BCUT2D eigenvalue weighted by Crippen LogP contribution is 2.40. The van der Waals surface area contributed by atoms with Crippen LogP contribution >= 0.6 is 0 Å². The fraction of sp³-hybridized carbons (Fsp3) is 0.214. The maximum atomic E-state index is 12.0. The van der Waals surface area contributed by atoms with Crippen molar-refractivity contribution in [3.63, 3.8) is 0 Å². The van der Waals surface area contributed by atoms with Gasteiger partial charge in [0, 0.05) is 11.6 Å². The summed E-state index contributed by atoms with van der Waals surface area (Å²) in [5, 5.41) is 2.69.